The Bertz CT molecular complexity index is 707. The smallest absolute Gasteiger partial charge is 0.246 e. The number of hydrogen-bond donors (Lipinski definition) is 1. The van der Waals surface area contributed by atoms with Crippen LogP contribution >= 0.6 is 0 Å². The summed E-state index contributed by atoms with van der Waals surface area (Å²) >= 11 is 0. The van der Waals surface area contributed by atoms with Gasteiger partial charge in [0.05, 0.1) is 6.07 Å². The molecule has 0 saturated carbocycles. The zero-order valence-electron chi connectivity index (χ0n) is 11.1. The van der Waals surface area contributed by atoms with E-state index in [-0.39, 0.29) is 12.7 Å². The normalized spacial score (nSPS) is 13.3. The van der Waals surface area contributed by atoms with Crippen molar-refractivity contribution < 1.29 is 14.3 Å². The van der Waals surface area contributed by atoms with Gasteiger partial charge in [0.1, 0.15) is 0 Å². The molecule has 1 aliphatic heterocycles. The minimum absolute atomic E-state index is 0.178. The number of carbonyl (C=O) groups excluding carboxylic acids is 1. The highest BCUT2D eigenvalue weighted by molar-refractivity contribution is 5.98. The first kappa shape index (κ1) is 13.0. The second kappa shape index (κ2) is 5.55. The minimum atomic E-state index is -0.850. The van der Waals surface area contributed by atoms with E-state index in [2.05, 4.69) is 5.32 Å². The standard InChI is InChI=1S/C16H12N2O3/c17-9-13(11-4-2-1-3-5-11)16(19)18-12-6-7-14-15(8-12)21-10-20-14/h1-8,13H,10H2,(H,18,19). The molecule has 21 heavy (non-hydrogen) atoms. The van der Waals surface area contributed by atoms with Gasteiger partial charge in [-0.3, -0.25) is 4.79 Å². The SMILES string of the molecule is N#CC(C(=O)Nc1ccc2c(c1)OCO2)c1ccccc1. The maximum Gasteiger partial charge on any atom is 0.246 e. The maximum absolute atomic E-state index is 12.2. The second-order valence-corrected chi connectivity index (χ2v) is 4.53. The van der Waals surface area contributed by atoms with Gasteiger partial charge in [-0.1, -0.05) is 30.3 Å². The van der Waals surface area contributed by atoms with Gasteiger partial charge in [-0.25, -0.2) is 0 Å². The molecule has 5 heteroatoms. The lowest BCUT2D eigenvalue weighted by atomic mass is 10.00. The number of carbonyl (C=O) groups is 1. The molecule has 104 valence electrons. The van der Waals surface area contributed by atoms with E-state index in [0.29, 0.717) is 22.7 Å². The quantitative estimate of drug-likeness (QED) is 0.938. The molecule has 0 saturated heterocycles. The van der Waals surface area contributed by atoms with E-state index in [1.54, 1.807) is 42.5 Å². The highest BCUT2D eigenvalue weighted by atomic mass is 16.7. The van der Waals surface area contributed by atoms with Gasteiger partial charge < -0.3 is 14.8 Å². The van der Waals surface area contributed by atoms with Crippen molar-refractivity contribution in [2.45, 2.75) is 5.92 Å². The molecular weight excluding hydrogens is 268 g/mol. The Morgan fingerprint density at radius 2 is 1.90 bits per heavy atom. The van der Waals surface area contributed by atoms with Crippen LogP contribution in [0.2, 0.25) is 0 Å². The van der Waals surface area contributed by atoms with Gasteiger partial charge in [0.15, 0.2) is 17.4 Å². The molecule has 1 amide bonds. The number of nitrogens with zero attached hydrogens (tertiary/aromatic N) is 1. The molecule has 1 aliphatic rings. The van der Waals surface area contributed by atoms with Gasteiger partial charge in [-0.15, -0.1) is 0 Å². The number of hydrogen-bond acceptors (Lipinski definition) is 4. The lowest BCUT2D eigenvalue weighted by Crippen LogP contribution is -2.19. The molecule has 1 N–H and O–H groups in total. The van der Waals surface area contributed by atoms with Gasteiger partial charge in [0.2, 0.25) is 12.7 Å². The number of nitriles is 1. The molecule has 0 spiro atoms. The van der Waals surface area contributed by atoms with E-state index >= 15 is 0 Å². The van der Waals surface area contributed by atoms with Crippen molar-refractivity contribution in [3.05, 3.63) is 54.1 Å². The van der Waals surface area contributed by atoms with Crippen LogP contribution < -0.4 is 14.8 Å². The average molecular weight is 280 g/mol. The molecule has 1 unspecified atom stereocenters. The number of anilines is 1. The van der Waals surface area contributed by atoms with Crippen LogP contribution in [-0.4, -0.2) is 12.7 Å². The molecule has 0 aliphatic carbocycles. The van der Waals surface area contributed by atoms with Gasteiger partial charge in [-0.2, -0.15) is 5.26 Å². The Hall–Kier alpha value is -3.00. The molecule has 0 bridgehead atoms. The predicted octanol–water partition coefficient (Wildman–Crippen LogP) is 2.66. The largest absolute Gasteiger partial charge is 0.454 e. The number of amides is 1. The fourth-order valence-corrected chi connectivity index (χ4v) is 2.12. The second-order valence-electron chi connectivity index (χ2n) is 4.53. The van der Waals surface area contributed by atoms with Crippen LogP contribution in [0.1, 0.15) is 11.5 Å². The van der Waals surface area contributed by atoms with E-state index in [4.69, 9.17) is 9.47 Å². The van der Waals surface area contributed by atoms with E-state index in [9.17, 15) is 10.1 Å². The number of nitrogens with one attached hydrogen (secondary N) is 1. The van der Waals surface area contributed by atoms with Gasteiger partial charge in [0.25, 0.3) is 0 Å². The lowest BCUT2D eigenvalue weighted by Gasteiger charge is -2.11. The fourth-order valence-electron chi connectivity index (χ4n) is 2.12. The highest BCUT2D eigenvalue weighted by Crippen LogP contribution is 2.34. The van der Waals surface area contributed by atoms with Crippen LogP contribution in [0.15, 0.2) is 48.5 Å². The Morgan fingerprint density at radius 3 is 2.67 bits per heavy atom. The van der Waals surface area contributed by atoms with Crippen molar-refractivity contribution in [2.75, 3.05) is 12.1 Å². The van der Waals surface area contributed by atoms with Crippen LogP contribution in [-0.2, 0) is 4.79 Å². The summed E-state index contributed by atoms with van der Waals surface area (Å²) < 4.78 is 10.5. The molecular formula is C16H12N2O3. The third-order valence-corrected chi connectivity index (χ3v) is 3.16. The van der Waals surface area contributed by atoms with Crippen LogP contribution in [0.4, 0.5) is 5.69 Å². The van der Waals surface area contributed by atoms with Crippen molar-refractivity contribution in [1.29, 1.82) is 5.26 Å². The number of benzene rings is 2. The van der Waals surface area contributed by atoms with Crippen LogP contribution in [0.25, 0.3) is 0 Å². The molecule has 1 atom stereocenters. The summed E-state index contributed by atoms with van der Waals surface area (Å²) in [6, 6.07) is 16.1. The summed E-state index contributed by atoms with van der Waals surface area (Å²) in [5, 5.41) is 12.0. The molecule has 3 rings (SSSR count). The zero-order chi connectivity index (χ0) is 14.7. The summed E-state index contributed by atoms with van der Waals surface area (Å²) in [5.41, 5.74) is 1.23. The van der Waals surface area contributed by atoms with Gasteiger partial charge in [0, 0.05) is 11.8 Å². The molecule has 0 fully saturated rings. The van der Waals surface area contributed by atoms with Crippen LogP contribution in [0.3, 0.4) is 0 Å². The first-order chi connectivity index (χ1) is 10.3. The maximum atomic E-state index is 12.2. The summed E-state index contributed by atoms with van der Waals surface area (Å²) in [6.45, 7) is 0.178. The van der Waals surface area contributed by atoms with E-state index in [0.717, 1.165) is 0 Å². The van der Waals surface area contributed by atoms with Crippen LogP contribution in [0.5, 0.6) is 11.5 Å². The number of ether oxygens (including phenoxy) is 2. The van der Waals surface area contributed by atoms with Crippen molar-refractivity contribution in [1.82, 2.24) is 0 Å². The van der Waals surface area contributed by atoms with E-state index < -0.39 is 5.92 Å². The summed E-state index contributed by atoms with van der Waals surface area (Å²) in [5.74, 6) is 0.00750. The number of rotatable bonds is 3. The topological polar surface area (TPSA) is 71.4 Å². The fraction of sp³-hybridized carbons (Fsp3) is 0.125. The van der Waals surface area contributed by atoms with E-state index in [1.807, 2.05) is 12.1 Å². The van der Waals surface area contributed by atoms with Gasteiger partial charge in [-0.05, 0) is 17.7 Å². The Balaban J connectivity index is 1.78. The van der Waals surface area contributed by atoms with Crippen molar-refractivity contribution in [3.63, 3.8) is 0 Å². The average Bonchev–Trinajstić information content (AvgIpc) is 2.96. The zero-order valence-corrected chi connectivity index (χ0v) is 11.1. The Morgan fingerprint density at radius 1 is 1.14 bits per heavy atom. The predicted molar refractivity (Wildman–Crippen MR) is 76.0 cm³/mol. The molecule has 0 radical (unpaired) electrons. The Kier molecular flexibility index (Phi) is 3.44. The molecule has 2 aromatic carbocycles. The molecule has 2 aromatic rings. The lowest BCUT2D eigenvalue weighted by molar-refractivity contribution is -0.116. The van der Waals surface area contributed by atoms with E-state index in [1.165, 1.54) is 0 Å². The van der Waals surface area contributed by atoms with Gasteiger partial charge >= 0.3 is 0 Å². The molecule has 5 nitrogen and oxygen atoms in total. The highest BCUT2D eigenvalue weighted by Gasteiger charge is 2.21. The number of fused-ring (bicyclic) bond motifs is 1. The first-order valence-electron chi connectivity index (χ1n) is 6.43. The first-order valence-corrected chi connectivity index (χ1v) is 6.43. The summed E-state index contributed by atoms with van der Waals surface area (Å²) in [6.07, 6.45) is 0. The third-order valence-electron chi connectivity index (χ3n) is 3.16. The monoisotopic (exact) mass is 280 g/mol. The Labute approximate surface area is 121 Å². The van der Waals surface area contributed by atoms with Crippen molar-refractivity contribution >= 4 is 11.6 Å². The van der Waals surface area contributed by atoms with Crippen molar-refractivity contribution in [3.8, 4) is 17.6 Å². The van der Waals surface area contributed by atoms with Crippen molar-refractivity contribution in [2.24, 2.45) is 0 Å². The molecule has 1 heterocycles. The van der Waals surface area contributed by atoms with Crippen LogP contribution in [0, 0.1) is 11.3 Å². The third kappa shape index (κ3) is 2.65. The summed E-state index contributed by atoms with van der Waals surface area (Å²) in [4.78, 5) is 12.2. The minimum Gasteiger partial charge on any atom is -0.454 e. The molecule has 0 aromatic heterocycles. The summed E-state index contributed by atoms with van der Waals surface area (Å²) in [7, 11) is 0.